The fourth-order valence-corrected chi connectivity index (χ4v) is 3.16. The van der Waals surface area contributed by atoms with Gasteiger partial charge in [-0.3, -0.25) is 0 Å². The summed E-state index contributed by atoms with van der Waals surface area (Å²) in [5.41, 5.74) is 8.33. The second-order valence-electron chi connectivity index (χ2n) is 6.52. The molecule has 1 aliphatic heterocycles. The zero-order valence-corrected chi connectivity index (χ0v) is 16.1. The smallest absolute Gasteiger partial charge is 0.410 e. The summed E-state index contributed by atoms with van der Waals surface area (Å²) in [6.45, 7) is 4.12. The van der Waals surface area contributed by atoms with Crippen LogP contribution in [-0.4, -0.2) is 63.7 Å². The third-order valence-electron chi connectivity index (χ3n) is 4.71. The molecule has 1 aliphatic rings. The number of aromatic nitrogens is 4. The van der Waals surface area contributed by atoms with Gasteiger partial charge in [0, 0.05) is 30.5 Å². The van der Waals surface area contributed by atoms with Crippen molar-refractivity contribution < 1.29 is 13.8 Å². The molecule has 0 unspecified atom stereocenters. The summed E-state index contributed by atoms with van der Waals surface area (Å²) >= 11 is 0. The Morgan fingerprint density at radius 2 is 2.07 bits per heavy atom. The van der Waals surface area contributed by atoms with E-state index in [4.69, 9.17) is 10.5 Å². The van der Waals surface area contributed by atoms with Gasteiger partial charge in [-0.25, -0.2) is 19.7 Å². The molecule has 1 saturated heterocycles. The van der Waals surface area contributed by atoms with Crippen LogP contribution in [-0.2, 0) is 4.74 Å². The van der Waals surface area contributed by atoms with Crippen molar-refractivity contribution in [3.8, 4) is 23.4 Å². The van der Waals surface area contributed by atoms with Gasteiger partial charge in [0.05, 0.1) is 17.2 Å². The van der Waals surface area contributed by atoms with Crippen LogP contribution in [0, 0.1) is 11.8 Å². The Kier molecular flexibility index (Phi) is 5.16. The Morgan fingerprint density at radius 3 is 2.83 bits per heavy atom. The van der Waals surface area contributed by atoms with E-state index in [-0.39, 0.29) is 17.0 Å². The summed E-state index contributed by atoms with van der Waals surface area (Å²) in [7, 11) is 0. The van der Waals surface area contributed by atoms with Gasteiger partial charge in [0.1, 0.15) is 5.82 Å². The molecule has 4 rings (SSSR count). The predicted molar refractivity (Wildman–Crippen MR) is 116 cm³/mol. The van der Waals surface area contributed by atoms with Crippen LogP contribution in [0.1, 0.15) is 11.2 Å². The number of fused-ring (bicyclic) bond motifs is 1. The number of anilines is 2. The first-order chi connectivity index (χ1) is 14.2. The van der Waals surface area contributed by atoms with E-state index >= 15 is 0 Å². The highest BCUT2D eigenvalue weighted by molar-refractivity contribution is 5.80. The average Bonchev–Trinajstić information content (AvgIpc) is 3.18. The van der Waals surface area contributed by atoms with Crippen molar-refractivity contribution in [3.63, 3.8) is 0 Å². The average molecular weight is 397 g/mol. The number of rotatable bonds is 3. The summed E-state index contributed by atoms with van der Waals surface area (Å²) in [5, 5.41) is 0. The van der Waals surface area contributed by atoms with E-state index in [0.29, 0.717) is 49.3 Å². The molecule has 0 aliphatic carbocycles. The molecule has 0 saturated carbocycles. The lowest BCUT2D eigenvalue weighted by molar-refractivity contribution is 0.111. The van der Waals surface area contributed by atoms with Crippen LogP contribution >= 0.6 is 0 Å². The summed E-state index contributed by atoms with van der Waals surface area (Å²) in [5.74, 6) is 7.01. The maximum Gasteiger partial charge on any atom is 0.410 e. The molecule has 3 heterocycles. The van der Waals surface area contributed by atoms with Gasteiger partial charge in [0.25, 0.3) is 0 Å². The number of benzene rings is 1. The molecular formula is C20H27N7O2. The van der Waals surface area contributed by atoms with Crippen molar-refractivity contribution in [1.29, 1.82) is 0 Å². The number of hydrogen-bond acceptors (Lipinski definition) is 7. The van der Waals surface area contributed by atoms with Gasteiger partial charge in [-0.1, -0.05) is 18.1 Å². The number of H-pyrrole nitrogens is 1. The monoisotopic (exact) mass is 397 g/mol. The quantitative estimate of drug-likeness (QED) is 0.653. The van der Waals surface area contributed by atoms with E-state index in [1.807, 2.05) is 24.3 Å². The number of para-hydroxylation sites is 2. The molecule has 0 spiro atoms. The van der Waals surface area contributed by atoms with E-state index in [1.54, 1.807) is 18.0 Å². The van der Waals surface area contributed by atoms with Crippen molar-refractivity contribution in [2.45, 2.75) is 6.92 Å². The van der Waals surface area contributed by atoms with E-state index in [2.05, 4.69) is 36.7 Å². The second kappa shape index (κ2) is 8.06. The highest BCUT2D eigenvalue weighted by Crippen LogP contribution is 2.25. The van der Waals surface area contributed by atoms with E-state index in [0.717, 1.165) is 11.0 Å². The normalized spacial score (nSPS) is 13.8. The lowest BCUT2D eigenvalue weighted by Crippen LogP contribution is -2.49. The number of imidazole rings is 1. The molecular weight excluding hydrogens is 370 g/mol. The fraction of sp³-hybridized carbons (Fsp3) is 0.300. The Balaban J connectivity index is 0.00000171. The standard InChI is InChI=1S/C20H21N7O2.3H2/c1-2-3-12-29-20(28)27-10-8-26(9-11-27)16-13-22-18(21)17(25-16)19-23-14-6-4-5-7-15(14)24-19;;;/h4-7,13H,8-12H2,1H3,(H2,21,22)(H,23,24);3*1H. The molecule has 0 atom stereocenters. The summed E-state index contributed by atoms with van der Waals surface area (Å²) in [4.78, 5) is 32.6. The zero-order valence-electron chi connectivity index (χ0n) is 16.1. The Hall–Kier alpha value is -3.80. The summed E-state index contributed by atoms with van der Waals surface area (Å²) < 4.78 is 5.12. The van der Waals surface area contributed by atoms with Gasteiger partial charge in [0.15, 0.2) is 23.9 Å². The molecule has 1 amide bonds. The van der Waals surface area contributed by atoms with Crippen molar-refractivity contribution in [1.82, 2.24) is 24.8 Å². The van der Waals surface area contributed by atoms with Crippen LogP contribution in [0.15, 0.2) is 30.5 Å². The first-order valence-corrected chi connectivity index (χ1v) is 9.29. The number of piperazine rings is 1. The van der Waals surface area contributed by atoms with Crippen molar-refractivity contribution >= 4 is 28.8 Å². The molecule has 0 radical (unpaired) electrons. The van der Waals surface area contributed by atoms with Gasteiger partial charge >= 0.3 is 6.09 Å². The van der Waals surface area contributed by atoms with Crippen LogP contribution in [0.25, 0.3) is 22.6 Å². The minimum Gasteiger partial charge on any atom is -0.436 e. The van der Waals surface area contributed by atoms with Gasteiger partial charge < -0.3 is 25.3 Å². The largest absolute Gasteiger partial charge is 0.436 e. The maximum absolute atomic E-state index is 12.0. The number of amides is 1. The molecule has 29 heavy (non-hydrogen) atoms. The Bertz CT molecular complexity index is 1070. The van der Waals surface area contributed by atoms with Crippen molar-refractivity contribution in [3.05, 3.63) is 30.5 Å². The van der Waals surface area contributed by atoms with Gasteiger partial charge in [-0.15, -0.1) is 5.92 Å². The zero-order chi connectivity index (χ0) is 20.2. The Morgan fingerprint density at radius 1 is 1.28 bits per heavy atom. The molecule has 2 aromatic heterocycles. The maximum atomic E-state index is 12.0. The van der Waals surface area contributed by atoms with Gasteiger partial charge in [-0.05, 0) is 19.1 Å². The predicted octanol–water partition coefficient (Wildman–Crippen LogP) is 2.62. The number of ether oxygens (including phenoxy) is 1. The number of aromatic amines is 1. The molecule has 3 aromatic rings. The molecule has 3 N–H and O–H groups in total. The molecule has 1 fully saturated rings. The minimum atomic E-state index is -0.348. The molecule has 1 aromatic carbocycles. The highest BCUT2D eigenvalue weighted by Gasteiger charge is 2.24. The van der Waals surface area contributed by atoms with Crippen molar-refractivity contribution in [2.75, 3.05) is 43.4 Å². The number of hydrogen-bond donors (Lipinski definition) is 2. The van der Waals surface area contributed by atoms with Crippen LogP contribution < -0.4 is 10.6 Å². The van der Waals surface area contributed by atoms with Crippen molar-refractivity contribution in [2.24, 2.45) is 0 Å². The van der Waals surface area contributed by atoms with E-state index in [1.165, 1.54) is 0 Å². The summed E-state index contributed by atoms with van der Waals surface area (Å²) in [6, 6.07) is 7.74. The molecule has 154 valence electrons. The van der Waals surface area contributed by atoms with Crippen LogP contribution in [0.5, 0.6) is 0 Å². The molecule has 9 heteroatoms. The van der Waals surface area contributed by atoms with E-state index in [9.17, 15) is 4.79 Å². The first kappa shape index (κ1) is 18.6. The number of carbonyl (C=O) groups excluding carboxylic acids is 1. The first-order valence-electron chi connectivity index (χ1n) is 9.29. The fourth-order valence-electron chi connectivity index (χ4n) is 3.16. The minimum absolute atomic E-state index is 0. The molecule has 0 bridgehead atoms. The number of nitrogens with one attached hydrogen (secondary N) is 1. The SMILES string of the molecule is CC#CCOC(=O)N1CCN(c2cnc(N)c(-c3nc4ccccc4[nH]3)n2)CC1.[HH].[HH].[HH]. The van der Waals surface area contributed by atoms with Crippen LogP contribution in [0.3, 0.4) is 0 Å². The topological polar surface area (TPSA) is 113 Å². The highest BCUT2D eigenvalue weighted by atomic mass is 16.6. The van der Waals surface area contributed by atoms with Crippen LogP contribution in [0.4, 0.5) is 16.4 Å². The number of nitrogens with two attached hydrogens (primary N) is 1. The number of carbonyl (C=O) groups is 1. The number of nitrogen functional groups attached to an aromatic ring is 1. The van der Waals surface area contributed by atoms with Crippen LogP contribution in [0.2, 0.25) is 0 Å². The third kappa shape index (κ3) is 3.91. The Labute approximate surface area is 172 Å². The van der Waals surface area contributed by atoms with E-state index < -0.39 is 0 Å². The number of nitrogens with zero attached hydrogens (tertiary/aromatic N) is 5. The summed E-state index contributed by atoms with van der Waals surface area (Å²) in [6.07, 6.45) is 1.30. The third-order valence-corrected chi connectivity index (χ3v) is 4.71. The second-order valence-corrected chi connectivity index (χ2v) is 6.52. The van der Waals surface area contributed by atoms with Gasteiger partial charge in [-0.2, -0.15) is 0 Å². The lowest BCUT2D eigenvalue weighted by Gasteiger charge is -2.34. The molecule has 9 nitrogen and oxygen atoms in total. The van der Waals surface area contributed by atoms with Gasteiger partial charge in [0.2, 0.25) is 0 Å². The lowest BCUT2D eigenvalue weighted by atomic mass is 10.3.